The Balaban J connectivity index is 1.49. The summed E-state index contributed by atoms with van der Waals surface area (Å²) in [6.07, 6.45) is 0.399. The highest BCUT2D eigenvalue weighted by molar-refractivity contribution is 6.22. The lowest BCUT2D eigenvalue weighted by atomic mass is 10.0. The molecular weight excluding hydrogens is 436 g/mol. The maximum absolute atomic E-state index is 13.8. The van der Waals surface area contributed by atoms with Crippen molar-refractivity contribution in [3.8, 4) is 0 Å². The number of nitrogens with one attached hydrogen (secondary N) is 1. The summed E-state index contributed by atoms with van der Waals surface area (Å²) >= 11 is 0. The highest BCUT2D eigenvalue weighted by Gasteiger charge is 2.41. The molecule has 172 valence electrons. The summed E-state index contributed by atoms with van der Waals surface area (Å²) in [5.74, 6) is -3.27. The van der Waals surface area contributed by atoms with Crippen LogP contribution in [0.25, 0.3) is 0 Å². The summed E-state index contributed by atoms with van der Waals surface area (Å²) < 4.78 is 32.2. The Hall–Kier alpha value is -3.82. The number of likely N-dealkylation sites (tertiary alicyclic amines) is 1. The molecule has 1 N–H and O–H groups in total. The van der Waals surface area contributed by atoms with E-state index >= 15 is 0 Å². The fraction of sp³-hybridized carbons (Fsp3) is 0.304. The van der Waals surface area contributed by atoms with Gasteiger partial charge in [0.05, 0.1) is 23.4 Å². The monoisotopic (exact) mass is 457 g/mol. The molecule has 0 aliphatic carbocycles. The van der Waals surface area contributed by atoms with Crippen LogP contribution in [0.5, 0.6) is 0 Å². The van der Waals surface area contributed by atoms with Gasteiger partial charge >= 0.3 is 6.09 Å². The molecule has 4 amide bonds. The molecule has 8 nitrogen and oxygen atoms in total. The van der Waals surface area contributed by atoms with Gasteiger partial charge in [-0.1, -0.05) is 0 Å². The summed E-state index contributed by atoms with van der Waals surface area (Å²) in [7, 11) is 0. The standard InChI is InChI=1S/C23H21F2N3O5/c1-2-33-23(32)27-9-7-15(8-10-27)28-21(30)16-5-3-13(11-17(16)22(28)31)20(29)26-19-12-14(24)4-6-18(19)25/h3-6,11-12,15H,2,7-10H2,1H3,(H,26,29). The third-order valence-electron chi connectivity index (χ3n) is 5.71. The van der Waals surface area contributed by atoms with Gasteiger partial charge in [0.25, 0.3) is 17.7 Å². The minimum atomic E-state index is -0.808. The molecule has 2 aromatic rings. The Labute approximate surface area is 188 Å². The minimum absolute atomic E-state index is 0.0255. The van der Waals surface area contributed by atoms with Gasteiger partial charge in [-0.15, -0.1) is 0 Å². The lowest BCUT2D eigenvalue weighted by molar-refractivity contribution is 0.0485. The van der Waals surface area contributed by atoms with E-state index in [0.717, 1.165) is 18.2 Å². The lowest BCUT2D eigenvalue weighted by Crippen LogP contribution is -2.48. The smallest absolute Gasteiger partial charge is 0.409 e. The van der Waals surface area contributed by atoms with Crippen molar-refractivity contribution >= 4 is 29.5 Å². The van der Waals surface area contributed by atoms with Crippen LogP contribution in [-0.4, -0.2) is 59.4 Å². The zero-order valence-corrected chi connectivity index (χ0v) is 17.8. The second-order valence-corrected chi connectivity index (χ2v) is 7.74. The number of nitrogens with zero attached hydrogens (tertiary/aromatic N) is 2. The largest absolute Gasteiger partial charge is 0.450 e. The van der Waals surface area contributed by atoms with E-state index in [2.05, 4.69) is 5.32 Å². The topological polar surface area (TPSA) is 96.0 Å². The normalized spacial score (nSPS) is 16.1. The number of amides is 4. The van der Waals surface area contributed by atoms with Crippen LogP contribution in [-0.2, 0) is 4.74 Å². The molecule has 1 saturated heterocycles. The molecule has 0 aromatic heterocycles. The predicted octanol–water partition coefficient (Wildman–Crippen LogP) is 3.43. The van der Waals surface area contributed by atoms with Gasteiger partial charge < -0.3 is 15.0 Å². The molecule has 4 rings (SSSR count). The molecule has 33 heavy (non-hydrogen) atoms. The minimum Gasteiger partial charge on any atom is -0.450 e. The Morgan fingerprint density at radius 3 is 2.42 bits per heavy atom. The molecule has 10 heteroatoms. The Kier molecular flexibility index (Phi) is 6.08. The number of piperidine rings is 1. The maximum Gasteiger partial charge on any atom is 0.409 e. The lowest BCUT2D eigenvalue weighted by Gasteiger charge is -2.35. The van der Waals surface area contributed by atoms with Crippen LogP contribution in [0, 0.1) is 11.6 Å². The average Bonchev–Trinajstić information content (AvgIpc) is 3.06. The fourth-order valence-corrected chi connectivity index (χ4v) is 4.04. The van der Waals surface area contributed by atoms with E-state index in [1.807, 2.05) is 0 Å². The van der Waals surface area contributed by atoms with E-state index in [9.17, 15) is 28.0 Å². The first-order valence-corrected chi connectivity index (χ1v) is 10.5. The van der Waals surface area contributed by atoms with Gasteiger partial charge in [-0.3, -0.25) is 19.3 Å². The number of benzene rings is 2. The van der Waals surface area contributed by atoms with Crippen LogP contribution in [0.15, 0.2) is 36.4 Å². The summed E-state index contributed by atoms with van der Waals surface area (Å²) in [6.45, 7) is 2.68. The molecule has 0 radical (unpaired) electrons. The maximum atomic E-state index is 13.8. The third-order valence-corrected chi connectivity index (χ3v) is 5.71. The average molecular weight is 457 g/mol. The summed E-state index contributed by atoms with van der Waals surface area (Å²) in [5, 5.41) is 2.27. The number of fused-ring (bicyclic) bond motifs is 1. The highest BCUT2D eigenvalue weighted by atomic mass is 19.1. The van der Waals surface area contributed by atoms with Gasteiger partial charge in [-0.25, -0.2) is 13.6 Å². The molecule has 0 unspecified atom stereocenters. The van der Waals surface area contributed by atoms with Gasteiger partial charge in [0.1, 0.15) is 11.6 Å². The van der Waals surface area contributed by atoms with E-state index in [0.29, 0.717) is 25.9 Å². The van der Waals surface area contributed by atoms with Gasteiger partial charge in [0, 0.05) is 30.8 Å². The molecular formula is C23H21F2N3O5. The number of carbonyl (C=O) groups is 4. The zero-order valence-electron chi connectivity index (χ0n) is 17.8. The van der Waals surface area contributed by atoms with Crippen molar-refractivity contribution in [1.82, 2.24) is 9.80 Å². The molecule has 1 fully saturated rings. The molecule has 2 heterocycles. The first-order chi connectivity index (χ1) is 15.8. The van der Waals surface area contributed by atoms with Crippen LogP contribution >= 0.6 is 0 Å². The number of rotatable bonds is 4. The van der Waals surface area contributed by atoms with Crippen molar-refractivity contribution in [1.29, 1.82) is 0 Å². The van der Waals surface area contributed by atoms with Crippen LogP contribution in [0.3, 0.4) is 0 Å². The van der Waals surface area contributed by atoms with Gasteiger partial charge in [-0.2, -0.15) is 0 Å². The second-order valence-electron chi connectivity index (χ2n) is 7.74. The zero-order chi connectivity index (χ0) is 23.7. The van der Waals surface area contributed by atoms with Crippen molar-refractivity contribution in [3.63, 3.8) is 0 Å². The summed E-state index contributed by atoms with van der Waals surface area (Å²) in [6, 6.07) is 6.28. The molecule has 0 atom stereocenters. The number of anilines is 1. The summed E-state index contributed by atoms with van der Waals surface area (Å²) in [4.78, 5) is 53.0. The Morgan fingerprint density at radius 2 is 1.73 bits per heavy atom. The quantitative estimate of drug-likeness (QED) is 0.710. The van der Waals surface area contributed by atoms with Crippen LogP contribution in [0.4, 0.5) is 19.3 Å². The van der Waals surface area contributed by atoms with Crippen LogP contribution in [0.2, 0.25) is 0 Å². The van der Waals surface area contributed by atoms with E-state index in [1.165, 1.54) is 28.0 Å². The first-order valence-electron chi connectivity index (χ1n) is 10.5. The molecule has 0 saturated carbocycles. The molecule has 0 bridgehead atoms. The van der Waals surface area contributed by atoms with Gasteiger partial charge in [0.2, 0.25) is 0 Å². The Bertz CT molecular complexity index is 1140. The number of carbonyl (C=O) groups excluding carboxylic acids is 4. The number of halogens is 2. The van der Waals surface area contributed by atoms with E-state index in [4.69, 9.17) is 4.74 Å². The van der Waals surface area contributed by atoms with Crippen molar-refractivity contribution in [3.05, 3.63) is 64.7 Å². The first kappa shape index (κ1) is 22.4. The highest BCUT2D eigenvalue weighted by Crippen LogP contribution is 2.30. The van der Waals surface area contributed by atoms with Crippen molar-refractivity contribution < 1.29 is 32.7 Å². The second kappa shape index (κ2) is 8.97. The van der Waals surface area contributed by atoms with Crippen LogP contribution in [0.1, 0.15) is 50.8 Å². The van der Waals surface area contributed by atoms with Gasteiger partial charge in [0.15, 0.2) is 0 Å². The Morgan fingerprint density at radius 1 is 1.03 bits per heavy atom. The number of ether oxygens (including phenoxy) is 1. The third kappa shape index (κ3) is 4.28. The predicted molar refractivity (Wildman–Crippen MR) is 113 cm³/mol. The van der Waals surface area contributed by atoms with Gasteiger partial charge in [-0.05, 0) is 50.1 Å². The van der Waals surface area contributed by atoms with E-state index in [-0.39, 0.29) is 35.0 Å². The SMILES string of the molecule is CCOC(=O)N1CCC(N2C(=O)c3ccc(C(=O)Nc4cc(F)ccc4F)cc3C2=O)CC1. The fourth-order valence-electron chi connectivity index (χ4n) is 4.04. The summed E-state index contributed by atoms with van der Waals surface area (Å²) in [5.41, 5.74) is -0.0723. The molecule has 2 aromatic carbocycles. The number of hydrogen-bond donors (Lipinski definition) is 1. The molecule has 2 aliphatic heterocycles. The number of hydrogen-bond acceptors (Lipinski definition) is 5. The van der Waals surface area contributed by atoms with E-state index < -0.39 is 35.4 Å². The number of imide groups is 1. The van der Waals surface area contributed by atoms with Crippen molar-refractivity contribution in [2.45, 2.75) is 25.8 Å². The molecule has 0 spiro atoms. The molecule has 2 aliphatic rings. The van der Waals surface area contributed by atoms with Crippen molar-refractivity contribution in [2.75, 3.05) is 25.0 Å². The van der Waals surface area contributed by atoms with E-state index in [1.54, 1.807) is 6.92 Å². The van der Waals surface area contributed by atoms with Crippen molar-refractivity contribution in [2.24, 2.45) is 0 Å². The van der Waals surface area contributed by atoms with Crippen LogP contribution < -0.4 is 5.32 Å².